The van der Waals surface area contributed by atoms with Crippen molar-refractivity contribution in [2.45, 2.75) is 51.5 Å². The molecule has 0 radical (unpaired) electrons. The first-order valence-electron chi connectivity index (χ1n) is 7.92. The summed E-state index contributed by atoms with van der Waals surface area (Å²) in [5.41, 5.74) is 0. The van der Waals surface area contributed by atoms with Crippen LogP contribution in [0, 0.1) is 5.92 Å². The van der Waals surface area contributed by atoms with Crippen molar-refractivity contribution in [2.75, 3.05) is 39.4 Å². The van der Waals surface area contributed by atoms with Crippen molar-refractivity contribution in [2.24, 2.45) is 5.92 Å². The molecular weight excluding hydrogens is 224 g/mol. The van der Waals surface area contributed by atoms with Crippen LogP contribution < -0.4 is 5.32 Å². The number of rotatable bonds is 6. The van der Waals surface area contributed by atoms with Crippen molar-refractivity contribution in [3.8, 4) is 0 Å². The normalized spacial score (nSPS) is 30.5. The Morgan fingerprint density at radius 2 is 2.17 bits per heavy atom. The zero-order valence-corrected chi connectivity index (χ0v) is 12.0. The lowest BCUT2D eigenvalue weighted by molar-refractivity contribution is 0.184. The highest BCUT2D eigenvalue weighted by Gasteiger charge is 2.18. The summed E-state index contributed by atoms with van der Waals surface area (Å²) < 4.78 is 5.43. The van der Waals surface area contributed by atoms with E-state index in [1.165, 1.54) is 64.7 Å². The van der Waals surface area contributed by atoms with Crippen LogP contribution in [0.5, 0.6) is 0 Å². The summed E-state index contributed by atoms with van der Waals surface area (Å²) >= 11 is 0. The van der Waals surface area contributed by atoms with Gasteiger partial charge in [-0.1, -0.05) is 6.92 Å². The average Bonchev–Trinajstić information content (AvgIpc) is 2.78. The van der Waals surface area contributed by atoms with Crippen LogP contribution in [0.3, 0.4) is 0 Å². The van der Waals surface area contributed by atoms with Gasteiger partial charge in [-0.2, -0.15) is 0 Å². The summed E-state index contributed by atoms with van der Waals surface area (Å²) in [6, 6.07) is 0.758. The smallest absolute Gasteiger partial charge is 0.0495 e. The van der Waals surface area contributed by atoms with Gasteiger partial charge in [0, 0.05) is 19.3 Å². The van der Waals surface area contributed by atoms with Gasteiger partial charge in [-0.15, -0.1) is 0 Å². The molecule has 2 fully saturated rings. The molecule has 2 atom stereocenters. The van der Waals surface area contributed by atoms with Crippen LogP contribution >= 0.6 is 0 Å². The van der Waals surface area contributed by atoms with E-state index in [1.807, 2.05) is 0 Å². The standard InChI is InChI=1S/C15H30N2O/c1-2-9-17-10-3-4-15(6-11-17)16-8-5-14-7-12-18-13-14/h14-16H,2-13H2,1H3. The van der Waals surface area contributed by atoms with E-state index in [4.69, 9.17) is 4.74 Å². The molecule has 1 N–H and O–H groups in total. The molecule has 2 aliphatic heterocycles. The number of hydrogen-bond acceptors (Lipinski definition) is 3. The van der Waals surface area contributed by atoms with Gasteiger partial charge in [0.1, 0.15) is 0 Å². The maximum Gasteiger partial charge on any atom is 0.0495 e. The SMILES string of the molecule is CCCN1CCCC(NCCC2CCOC2)CC1. The van der Waals surface area contributed by atoms with Gasteiger partial charge in [0.2, 0.25) is 0 Å². The van der Waals surface area contributed by atoms with Crippen molar-refractivity contribution in [3.63, 3.8) is 0 Å². The molecule has 0 spiro atoms. The number of hydrogen-bond donors (Lipinski definition) is 1. The summed E-state index contributed by atoms with van der Waals surface area (Å²) in [7, 11) is 0. The summed E-state index contributed by atoms with van der Waals surface area (Å²) in [5.74, 6) is 0.819. The van der Waals surface area contributed by atoms with Gasteiger partial charge in [-0.3, -0.25) is 0 Å². The third kappa shape index (κ3) is 4.87. The van der Waals surface area contributed by atoms with E-state index >= 15 is 0 Å². The van der Waals surface area contributed by atoms with Crippen molar-refractivity contribution >= 4 is 0 Å². The molecule has 0 bridgehead atoms. The molecule has 3 heteroatoms. The minimum atomic E-state index is 0.758. The zero-order valence-electron chi connectivity index (χ0n) is 12.0. The van der Waals surface area contributed by atoms with E-state index in [-0.39, 0.29) is 0 Å². The Bertz CT molecular complexity index is 217. The predicted octanol–water partition coefficient (Wildman–Crippen LogP) is 2.27. The van der Waals surface area contributed by atoms with Gasteiger partial charge >= 0.3 is 0 Å². The average molecular weight is 254 g/mol. The summed E-state index contributed by atoms with van der Waals surface area (Å²) in [6.07, 6.45) is 7.93. The minimum absolute atomic E-state index is 0.758. The fourth-order valence-corrected chi connectivity index (χ4v) is 3.20. The lowest BCUT2D eigenvalue weighted by atomic mass is 10.0. The molecule has 0 aromatic rings. The molecule has 3 nitrogen and oxygen atoms in total. The van der Waals surface area contributed by atoms with Crippen LogP contribution in [0.2, 0.25) is 0 Å². The molecule has 106 valence electrons. The highest BCUT2D eigenvalue weighted by Crippen LogP contribution is 2.16. The molecule has 2 saturated heterocycles. The summed E-state index contributed by atoms with van der Waals surface area (Å²) in [6.45, 7) is 9.33. The van der Waals surface area contributed by atoms with E-state index in [0.717, 1.165) is 25.2 Å². The van der Waals surface area contributed by atoms with Gasteiger partial charge in [-0.05, 0) is 70.6 Å². The Kier molecular flexibility index (Phi) is 6.46. The topological polar surface area (TPSA) is 24.5 Å². The highest BCUT2D eigenvalue weighted by atomic mass is 16.5. The second kappa shape index (κ2) is 8.13. The largest absolute Gasteiger partial charge is 0.381 e. The molecule has 2 unspecified atom stereocenters. The van der Waals surface area contributed by atoms with Gasteiger partial charge in [0.15, 0.2) is 0 Å². The molecule has 2 rings (SSSR count). The Hall–Kier alpha value is -0.120. The van der Waals surface area contributed by atoms with Crippen molar-refractivity contribution in [1.29, 1.82) is 0 Å². The Balaban J connectivity index is 1.58. The second-order valence-corrected chi connectivity index (χ2v) is 5.94. The van der Waals surface area contributed by atoms with E-state index < -0.39 is 0 Å². The summed E-state index contributed by atoms with van der Waals surface area (Å²) in [4.78, 5) is 2.63. The van der Waals surface area contributed by atoms with Crippen LogP contribution in [-0.2, 0) is 4.74 Å². The van der Waals surface area contributed by atoms with E-state index in [1.54, 1.807) is 0 Å². The molecule has 18 heavy (non-hydrogen) atoms. The van der Waals surface area contributed by atoms with Crippen molar-refractivity contribution in [3.05, 3.63) is 0 Å². The molecule has 0 aromatic heterocycles. The van der Waals surface area contributed by atoms with Crippen molar-refractivity contribution in [1.82, 2.24) is 10.2 Å². The fourth-order valence-electron chi connectivity index (χ4n) is 3.20. The summed E-state index contributed by atoms with van der Waals surface area (Å²) in [5, 5.41) is 3.77. The first kappa shape index (κ1) is 14.3. The Labute approximate surface area is 112 Å². The van der Waals surface area contributed by atoms with Crippen LogP contribution in [0.4, 0.5) is 0 Å². The van der Waals surface area contributed by atoms with Crippen LogP contribution in [-0.4, -0.2) is 50.3 Å². The Morgan fingerprint density at radius 3 is 2.94 bits per heavy atom. The lowest BCUT2D eigenvalue weighted by Crippen LogP contribution is -2.32. The number of nitrogens with zero attached hydrogens (tertiary/aromatic N) is 1. The van der Waals surface area contributed by atoms with Crippen LogP contribution in [0.25, 0.3) is 0 Å². The molecule has 0 aromatic carbocycles. The van der Waals surface area contributed by atoms with Gasteiger partial charge in [-0.25, -0.2) is 0 Å². The number of likely N-dealkylation sites (tertiary alicyclic amines) is 1. The maximum atomic E-state index is 5.43. The Morgan fingerprint density at radius 1 is 1.22 bits per heavy atom. The lowest BCUT2D eigenvalue weighted by Gasteiger charge is -2.20. The molecule has 2 aliphatic rings. The second-order valence-electron chi connectivity index (χ2n) is 5.94. The molecule has 0 aliphatic carbocycles. The van der Waals surface area contributed by atoms with Crippen LogP contribution in [0.15, 0.2) is 0 Å². The molecule has 0 saturated carbocycles. The van der Waals surface area contributed by atoms with E-state index in [9.17, 15) is 0 Å². The quantitative estimate of drug-likeness (QED) is 0.787. The third-order valence-electron chi connectivity index (χ3n) is 4.37. The molecule has 0 amide bonds. The molecular formula is C15H30N2O. The first-order valence-corrected chi connectivity index (χ1v) is 7.92. The van der Waals surface area contributed by atoms with Gasteiger partial charge in [0.05, 0.1) is 0 Å². The van der Waals surface area contributed by atoms with E-state index in [2.05, 4.69) is 17.1 Å². The third-order valence-corrected chi connectivity index (χ3v) is 4.37. The monoisotopic (exact) mass is 254 g/mol. The van der Waals surface area contributed by atoms with Gasteiger partial charge < -0.3 is 15.0 Å². The highest BCUT2D eigenvalue weighted by molar-refractivity contribution is 4.75. The number of nitrogens with one attached hydrogen (secondary N) is 1. The zero-order chi connectivity index (χ0) is 12.6. The van der Waals surface area contributed by atoms with Crippen LogP contribution in [0.1, 0.15) is 45.4 Å². The molecule has 2 heterocycles. The first-order chi connectivity index (χ1) is 8.88. The fraction of sp³-hybridized carbons (Fsp3) is 1.00. The van der Waals surface area contributed by atoms with E-state index in [0.29, 0.717) is 0 Å². The number of ether oxygens (including phenoxy) is 1. The maximum absolute atomic E-state index is 5.43. The van der Waals surface area contributed by atoms with Gasteiger partial charge in [0.25, 0.3) is 0 Å². The van der Waals surface area contributed by atoms with Crippen molar-refractivity contribution < 1.29 is 4.74 Å². The predicted molar refractivity (Wildman–Crippen MR) is 75.9 cm³/mol. The minimum Gasteiger partial charge on any atom is -0.381 e.